The van der Waals surface area contributed by atoms with Crippen LogP contribution >= 0.6 is 0 Å². The summed E-state index contributed by atoms with van der Waals surface area (Å²) in [5.41, 5.74) is 9.62. The molecule has 2 aromatic carbocycles. The molecule has 1 amide bonds. The van der Waals surface area contributed by atoms with Gasteiger partial charge in [0.1, 0.15) is 0 Å². The molecule has 0 aliphatic carbocycles. The number of carbonyl (C=O) groups is 2. The predicted molar refractivity (Wildman–Crippen MR) is 127 cm³/mol. The fraction of sp³-hybridized carbons (Fsp3) is 0.375. The highest BCUT2D eigenvalue weighted by Gasteiger charge is 2.28. The van der Waals surface area contributed by atoms with E-state index in [1.807, 2.05) is 56.3 Å². The summed E-state index contributed by atoms with van der Waals surface area (Å²) in [6.07, 6.45) is 2.25. The topological polar surface area (TPSA) is 110 Å². The van der Waals surface area contributed by atoms with Crippen molar-refractivity contribution < 1.29 is 18.0 Å². The van der Waals surface area contributed by atoms with Crippen molar-refractivity contribution in [3.05, 3.63) is 70.3 Å². The van der Waals surface area contributed by atoms with E-state index in [0.717, 1.165) is 33.5 Å². The molecule has 0 heterocycles. The first-order valence-corrected chi connectivity index (χ1v) is 12.6. The van der Waals surface area contributed by atoms with Crippen LogP contribution in [0.2, 0.25) is 0 Å². The molecular formula is C24H31N3O4S. The first-order chi connectivity index (χ1) is 15.1. The highest BCUT2D eigenvalue weighted by atomic mass is 32.2. The van der Waals surface area contributed by atoms with Gasteiger partial charge in [-0.1, -0.05) is 56.3 Å². The molecule has 0 unspecified atom stereocenters. The van der Waals surface area contributed by atoms with Gasteiger partial charge in [0, 0.05) is 18.4 Å². The number of carbonyl (C=O) groups excluding carboxylic acids is 2. The number of hydrogen-bond donors (Lipinski definition) is 1. The van der Waals surface area contributed by atoms with Crippen molar-refractivity contribution in [1.82, 2.24) is 5.01 Å². The molecule has 0 atom stereocenters. The van der Waals surface area contributed by atoms with E-state index in [2.05, 4.69) is 5.10 Å². The molecule has 0 saturated heterocycles. The van der Waals surface area contributed by atoms with E-state index in [-0.39, 0.29) is 18.0 Å². The second kappa shape index (κ2) is 11.2. The van der Waals surface area contributed by atoms with E-state index in [1.54, 1.807) is 0 Å². The van der Waals surface area contributed by atoms with E-state index in [9.17, 15) is 18.0 Å². The molecule has 0 bridgehead atoms. The van der Waals surface area contributed by atoms with Crippen LogP contribution in [0.4, 0.5) is 0 Å². The Balaban J connectivity index is 2.51. The number of benzene rings is 2. The average molecular weight is 458 g/mol. The van der Waals surface area contributed by atoms with Crippen LogP contribution in [0.3, 0.4) is 0 Å². The number of Topliss-reactive ketones (excluding diaryl/α,β-unsaturated/α-hetero) is 1. The molecule has 7 nitrogen and oxygen atoms in total. The average Bonchev–Trinajstić information content (AvgIpc) is 2.76. The van der Waals surface area contributed by atoms with E-state index in [0.29, 0.717) is 24.9 Å². The molecule has 0 fully saturated rings. The van der Waals surface area contributed by atoms with Gasteiger partial charge in [-0.05, 0) is 42.0 Å². The number of nitrogens with two attached hydrogens (primary N) is 1. The molecule has 2 rings (SSSR count). The van der Waals surface area contributed by atoms with E-state index >= 15 is 0 Å². The van der Waals surface area contributed by atoms with Crippen LogP contribution in [0.25, 0.3) is 0 Å². The lowest BCUT2D eigenvalue weighted by molar-refractivity contribution is -0.127. The summed E-state index contributed by atoms with van der Waals surface area (Å²) in [6, 6.07) is 12.8. The fourth-order valence-corrected chi connectivity index (χ4v) is 4.37. The molecule has 2 N–H and O–H groups in total. The van der Waals surface area contributed by atoms with Crippen molar-refractivity contribution in [2.75, 3.05) is 12.0 Å². The molecule has 32 heavy (non-hydrogen) atoms. The zero-order chi connectivity index (χ0) is 23.9. The molecule has 0 radical (unpaired) electrons. The number of rotatable bonds is 10. The maximum absolute atomic E-state index is 13.4. The highest BCUT2D eigenvalue weighted by Crippen LogP contribution is 2.22. The first kappa shape index (κ1) is 25.4. The number of aryl methyl sites for hydroxylation is 2. The minimum Gasteiger partial charge on any atom is -0.326 e. The number of amides is 1. The second-order valence-electron chi connectivity index (χ2n) is 7.78. The molecule has 2 aromatic rings. The Morgan fingerprint density at radius 2 is 1.56 bits per heavy atom. The molecule has 0 aromatic heterocycles. The fourth-order valence-electron chi connectivity index (χ4n) is 3.55. The summed E-state index contributed by atoms with van der Waals surface area (Å²) in [5, 5.41) is 5.29. The first-order valence-electron chi connectivity index (χ1n) is 10.6. The van der Waals surface area contributed by atoms with Crippen LogP contribution in [0.15, 0.2) is 47.6 Å². The number of ketones is 1. The van der Waals surface area contributed by atoms with Crippen molar-refractivity contribution in [2.45, 2.75) is 46.7 Å². The lowest BCUT2D eigenvalue weighted by atomic mass is 9.91. The van der Waals surface area contributed by atoms with Gasteiger partial charge in [0.2, 0.25) is 0 Å². The van der Waals surface area contributed by atoms with Crippen LogP contribution in [-0.4, -0.2) is 42.8 Å². The van der Waals surface area contributed by atoms with Crippen molar-refractivity contribution in [2.24, 2.45) is 10.8 Å². The van der Waals surface area contributed by atoms with Gasteiger partial charge in [-0.2, -0.15) is 5.10 Å². The summed E-state index contributed by atoms with van der Waals surface area (Å²) < 4.78 is 23.3. The minimum absolute atomic E-state index is 0.0519. The zero-order valence-corrected chi connectivity index (χ0v) is 19.9. The molecule has 172 valence electrons. The Bertz CT molecular complexity index is 1080. The van der Waals surface area contributed by atoms with Crippen molar-refractivity contribution in [1.29, 1.82) is 0 Å². The SMILES string of the molecule is CCc1cc(CN)cc(CC)c1C(=O)C(=O)N(Cc1ccccc1)N=C(C)CS(C)(=O)=O. The third-order valence-corrected chi connectivity index (χ3v) is 5.89. The normalized spacial score (nSPS) is 12.0. The Morgan fingerprint density at radius 3 is 2.03 bits per heavy atom. The van der Waals surface area contributed by atoms with Crippen LogP contribution < -0.4 is 5.73 Å². The number of hydrazone groups is 1. The number of sulfone groups is 1. The third kappa shape index (κ3) is 6.83. The predicted octanol–water partition coefficient (Wildman–Crippen LogP) is 2.90. The Kier molecular flexibility index (Phi) is 8.86. The van der Waals surface area contributed by atoms with Crippen LogP contribution in [0, 0.1) is 0 Å². The van der Waals surface area contributed by atoms with Crippen LogP contribution in [-0.2, 0) is 40.6 Å². The Labute approximate surface area is 190 Å². The van der Waals surface area contributed by atoms with Gasteiger partial charge in [0.15, 0.2) is 9.84 Å². The third-order valence-electron chi connectivity index (χ3n) is 4.95. The van der Waals surface area contributed by atoms with Gasteiger partial charge >= 0.3 is 5.91 Å². The molecule has 0 aliphatic rings. The van der Waals surface area contributed by atoms with Gasteiger partial charge in [-0.3, -0.25) is 9.59 Å². The van der Waals surface area contributed by atoms with Crippen molar-refractivity contribution >= 4 is 27.2 Å². The summed E-state index contributed by atoms with van der Waals surface area (Å²) in [4.78, 5) is 26.7. The lowest BCUT2D eigenvalue weighted by Crippen LogP contribution is -2.34. The highest BCUT2D eigenvalue weighted by molar-refractivity contribution is 7.91. The lowest BCUT2D eigenvalue weighted by Gasteiger charge is -2.20. The Hall–Kier alpha value is -2.84. The largest absolute Gasteiger partial charge is 0.326 e. The van der Waals surface area contributed by atoms with E-state index in [1.165, 1.54) is 6.92 Å². The van der Waals surface area contributed by atoms with Crippen molar-refractivity contribution in [3.8, 4) is 0 Å². The van der Waals surface area contributed by atoms with Crippen LogP contribution in [0.5, 0.6) is 0 Å². The van der Waals surface area contributed by atoms with Crippen molar-refractivity contribution in [3.63, 3.8) is 0 Å². The molecule has 0 spiro atoms. The van der Waals surface area contributed by atoms with Gasteiger partial charge in [0.05, 0.1) is 18.0 Å². The maximum atomic E-state index is 13.4. The quantitative estimate of drug-likeness (QED) is 0.255. The molecule has 0 saturated carbocycles. The van der Waals surface area contributed by atoms with Gasteiger partial charge in [0.25, 0.3) is 5.78 Å². The van der Waals surface area contributed by atoms with E-state index in [4.69, 9.17) is 5.73 Å². The molecule has 0 aliphatic heterocycles. The number of nitrogens with zero attached hydrogens (tertiary/aromatic N) is 2. The summed E-state index contributed by atoms with van der Waals surface area (Å²) in [6.45, 7) is 5.77. The molecular weight excluding hydrogens is 426 g/mol. The number of hydrogen-bond acceptors (Lipinski definition) is 6. The minimum atomic E-state index is -3.33. The second-order valence-corrected chi connectivity index (χ2v) is 9.92. The van der Waals surface area contributed by atoms with Crippen LogP contribution in [0.1, 0.15) is 53.4 Å². The van der Waals surface area contributed by atoms with Gasteiger partial charge in [-0.15, -0.1) is 0 Å². The monoisotopic (exact) mass is 457 g/mol. The smallest absolute Gasteiger partial charge is 0.315 e. The van der Waals surface area contributed by atoms with E-state index < -0.39 is 21.5 Å². The van der Waals surface area contributed by atoms with Gasteiger partial charge < -0.3 is 5.73 Å². The maximum Gasteiger partial charge on any atom is 0.315 e. The molecule has 8 heteroatoms. The Morgan fingerprint density at radius 1 is 1.00 bits per heavy atom. The summed E-state index contributed by atoms with van der Waals surface area (Å²) in [7, 11) is -3.33. The summed E-state index contributed by atoms with van der Waals surface area (Å²) >= 11 is 0. The zero-order valence-electron chi connectivity index (χ0n) is 19.1. The summed E-state index contributed by atoms with van der Waals surface area (Å²) in [5.74, 6) is -1.76. The van der Waals surface area contributed by atoms with Gasteiger partial charge in [-0.25, -0.2) is 13.4 Å². The standard InChI is InChI=1S/C24H31N3O4S/c1-5-20-12-19(14-25)13-21(6-2)22(20)23(28)24(29)27(15-18-10-8-7-9-11-18)26-17(3)16-32(4,30)31/h7-13H,5-6,14-16,25H2,1-4H3.